The molecule has 0 aliphatic rings. The van der Waals surface area contributed by atoms with Gasteiger partial charge in [-0.3, -0.25) is 9.69 Å². The summed E-state index contributed by atoms with van der Waals surface area (Å²) in [5, 5.41) is 0. The van der Waals surface area contributed by atoms with Crippen molar-refractivity contribution in [3.05, 3.63) is 89.7 Å². The Morgan fingerprint density at radius 2 is 1.59 bits per heavy atom. The smallest absolute Gasteiger partial charge is 0.248 e. The van der Waals surface area contributed by atoms with Crippen LogP contribution in [0.15, 0.2) is 72.8 Å². The van der Waals surface area contributed by atoms with Crippen LogP contribution in [0.25, 0.3) is 11.0 Å². The summed E-state index contributed by atoms with van der Waals surface area (Å²) in [6.07, 6.45) is 1.67. The fraction of sp³-hybridized carbons (Fsp3) is 0.286. The van der Waals surface area contributed by atoms with Gasteiger partial charge in [-0.15, -0.1) is 0 Å². The lowest BCUT2D eigenvalue weighted by Gasteiger charge is -2.27. The largest absolute Gasteiger partial charge is 0.486 e. The summed E-state index contributed by atoms with van der Waals surface area (Å²) in [5.74, 6) is 1.41. The third kappa shape index (κ3) is 4.97. The van der Waals surface area contributed by atoms with Crippen molar-refractivity contribution in [2.45, 2.75) is 39.8 Å². The van der Waals surface area contributed by atoms with Gasteiger partial charge in [0.1, 0.15) is 31.5 Å². The average molecular weight is 458 g/mol. The van der Waals surface area contributed by atoms with Gasteiger partial charge < -0.3 is 14.0 Å². The van der Waals surface area contributed by atoms with E-state index in [4.69, 9.17) is 14.5 Å². The van der Waals surface area contributed by atoms with Gasteiger partial charge in [0.15, 0.2) is 0 Å². The van der Waals surface area contributed by atoms with Crippen molar-refractivity contribution >= 4 is 22.6 Å². The SMILES string of the molecule is CCc1cccc(CC)c1N(COC)C(=O)Cn1c(COc2ccccc2)nc2ccccc21. The quantitative estimate of drug-likeness (QED) is 0.300. The molecular weight excluding hydrogens is 426 g/mol. The number of ether oxygens (including phenoxy) is 2. The maximum atomic E-state index is 13.8. The minimum Gasteiger partial charge on any atom is -0.486 e. The van der Waals surface area contributed by atoms with E-state index < -0.39 is 0 Å². The number of benzene rings is 3. The molecule has 6 nitrogen and oxygen atoms in total. The molecule has 1 aromatic heterocycles. The molecule has 0 N–H and O–H groups in total. The number of nitrogens with zero attached hydrogens (tertiary/aromatic N) is 3. The van der Waals surface area contributed by atoms with Gasteiger partial charge in [0.25, 0.3) is 0 Å². The molecule has 0 radical (unpaired) electrons. The van der Waals surface area contributed by atoms with Crippen molar-refractivity contribution in [1.82, 2.24) is 9.55 Å². The van der Waals surface area contributed by atoms with Crippen LogP contribution in [0.2, 0.25) is 0 Å². The molecule has 0 spiro atoms. The van der Waals surface area contributed by atoms with Gasteiger partial charge in [-0.1, -0.05) is 62.4 Å². The van der Waals surface area contributed by atoms with Gasteiger partial charge >= 0.3 is 0 Å². The molecule has 1 amide bonds. The monoisotopic (exact) mass is 457 g/mol. The van der Waals surface area contributed by atoms with E-state index in [1.807, 2.05) is 59.2 Å². The second-order valence-corrected chi connectivity index (χ2v) is 8.08. The maximum absolute atomic E-state index is 13.8. The van der Waals surface area contributed by atoms with E-state index in [-0.39, 0.29) is 25.8 Å². The molecule has 0 saturated heterocycles. The molecule has 4 aromatic rings. The first-order valence-electron chi connectivity index (χ1n) is 11.7. The van der Waals surface area contributed by atoms with Crippen LogP contribution < -0.4 is 9.64 Å². The van der Waals surface area contributed by atoms with Gasteiger partial charge in [0.05, 0.1) is 16.7 Å². The third-order valence-electron chi connectivity index (χ3n) is 5.93. The first kappa shape index (κ1) is 23.5. The van der Waals surface area contributed by atoms with E-state index in [1.165, 1.54) is 0 Å². The first-order valence-corrected chi connectivity index (χ1v) is 11.7. The number of fused-ring (bicyclic) bond motifs is 1. The number of aromatic nitrogens is 2. The summed E-state index contributed by atoms with van der Waals surface area (Å²) in [6, 6.07) is 23.7. The Kier molecular flexibility index (Phi) is 7.60. The van der Waals surface area contributed by atoms with Gasteiger partial charge in [-0.05, 0) is 48.2 Å². The molecule has 4 rings (SSSR count). The standard InChI is InChI=1S/C28H31N3O3/c1-4-21-12-11-13-22(5-2)28(21)31(20-33-3)27(32)18-30-25-17-10-9-16-24(25)29-26(30)19-34-23-14-7-6-8-15-23/h6-17H,4-5,18-20H2,1-3H3. The lowest BCUT2D eigenvalue weighted by molar-refractivity contribution is -0.120. The molecule has 3 aromatic carbocycles. The number of para-hydroxylation sites is 4. The molecule has 0 saturated carbocycles. The van der Waals surface area contributed by atoms with Crippen LogP contribution in [-0.2, 0) is 35.5 Å². The minimum absolute atomic E-state index is 0.0541. The summed E-state index contributed by atoms with van der Waals surface area (Å²) in [5.41, 5.74) is 4.95. The fourth-order valence-corrected chi connectivity index (χ4v) is 4.25. The molecule has 0 fully saturated rings. The molecular formula is C28H31N3O3. The zero-order valence-corrected chi connectivity index (χ0v) is 20.0. The highest BCUT2D eigenvalue weighted by Crippen LogP contribution is 2.28. The van der Waals surface area contributed by atoms with Crippen LogP contribution in [0.4, 0.5) is 5.69 Å². The van der Waals surface area contributed by atoms with E-state index in [0.29, 0.717) is 5.82 Å². The number of carbonyl (C=O) groups excluding carboxylic acids is 1. The summed E-state index contributed by atoms with van der Waals surface area (Å²) in [6.45, 7) is 4.80. The molecule has 0 aliphatic heterocycles. The van der Waals surface area contributed by atoms with E-state index in [1.54, 1.807) is 12.0 Å². The normalized spacial score (nSPS) is 11.0. The van der Waals surface area contributed by atoms with Gasteiger partial charge in [-0.2, -0.15) is 0 Å². The highest BCUT2D eigenvalue weighted by molar-refractivity contribution is 5.95. The summed E-state index contributed by atoms with van der Waals surface area (Å²) < 4.78 is 13.4. The highest BCUT2D eigenvalue weighted by atomic mass is 16.5. The first-order chi connectivity index (χ1) is 16.7. The van der Waals surface area contributed by atoms with Crippen molar-refractivity contribution in [3.8, 4) is 5.75 Å². The van der Waals surface area contributed by atoms with E-state index in [0.717, 1.165) is 46.4 Å². The molecule has 0 aliphatic carbocycles. The number of rotatable bonds is 10. The lowest BCUT2D eigenvalue weighted by Crippen LogP contribution is -2.37. The number of hydrogen-bond acceptors (Lipinski definition) is 4. The van der Waals surface area contributed by atoms with Gasteiger partial charge in [0, 0.05) is 7.11 Å². The van der Waals surface area contributed by atoms with E-state index in [2.05, 4.69) is 32.0 Å². The molecule has 0 unspecified atom stereocenters. The second kappa shape index (κ2) is 11.0. The Morgan fingerprint density at radius 3 is 2.26 bits per heavy atom. The number of methoxy groups -OCH3 is 1. The average Bonchev–Trinajstić information content (AvgIpc) is 3.23. The van der Waals surface area contributed by atoms with Crippen molar-refractivity contribution in [3.63, 3.8) is 0 Å². The van der Waals surface area contributed by atoms with Crippen molar-refractivity contribution < 1.29 is 14.3 Å². The van der Waals surface area contributed by atoms with E-state index >= 15 is 0 Å². The summed E-state index contributed by atoms with van der Waals surface area (Å²) >= 11 is 0. The zero-order valence-electron chi connectivity index (χ0n) is 20.0. The second-order valence-electron chi connectivity index (χ2n) is 8.08. The Balaban J connectivity index is 1.68. The number of anilines is 1. The van der Waals surface area contributed by atoms with Crippen LogP contribution in [0.3, 0.4) is 0 Å². The Morgan fingerprint density at radius 1 is 0.912 bits per heavy atom. The predicted molar refractivity (Wildman–Crippen MR) is 135 cm³/mol. The number of aryl methyl sites for hydroxylation is 2. The lowest BCUT2D eigenvalue weighted by atomic mass is 10.0. The number of amides is 1. The topological polar surface area (TPSA) is 56.6 Å². The zero-order chi connectivity index (χ0) is 23.9. The molecule has 0 bridgehead atoms. The van der Waals surface area contributed by atoms with Crippen LogP contribution in [0, 0.1) is 0 Å². The molecule has 1 heterocycles. The van der Waals surface area contributed by atoms with Crippen LogP contribution >= 0.6 is 0 Å². The fourth-order valence-electron chi connectivity index (χ4n) is 4.25. The van der Waals surface area contributed by atoms with Crippen molar-refractivity contribution in [2.24, 2.45) is 0 Å². The number of hydrogen-bond donors (Lipinski definition) is 0. The molecule has 176 valence electrons. The summed E-state index contributed by atoms with van der Waals surface area (Å²) in [4.78, 5) is 20.3. The number of carbonyl (C=O) groups is 1. The molecule has 34 heavy (non-hydrogen) atoms. The Labute approximate surface area is 200 Å². The van der Waals surface area contributed by atoms with Crippen LogP contribution in [0.1, 0.15) is 30.8 Å². The van der Waals surface area contributed by atoms with Gasteiger partial charge in [-0.25, -0.2) is 4.98 Å². The van der Waals surface area contributed by atoms with Gasteiger partial charge in [0.2, 0.25) is 5.91 Å². The van der Waals surface area contributed by atoms with Crippen LogP contribution in [0.5, 0.6) is 5.75 Å². The highest BCUT2D eigenvalue weighted by Gasteiger charge is 2.23. The van der Waals surface area contributed by atoms with Crippen LogP contribution in [-0.4, -0.2) is 29.3 Å². The van der Waals surface area contributed by atoms with Crippen molar-refractivity contribution in [1.29, 1.82) is 0 Å². The molecule has 6 heteroatoms. The Bertz CT molecular complexity index is 1230. The number of imidazole rings is 1. The minimum atomic E-state index is -0.0541. The third-order valence-corrected chi connectivity index (χ3v) is 5.93. The Hall–Kier alpha value is -3.64. The van der Waals surface area contributed by atoms with E-state index in [9.17, 15) is 4.79 Å². The summed E-state index contributed by atoms with van der Waals surface area (Å²) in [7, 11) is 1.62. The maximum Gasteiger partial charge on any atom is 0.248 e. The molecule has 0 atom stereocenters. The van der Waals surface area contributed by atoms with Crippen molar-refractivity contribution in [2.75, 3.05) is 18.7 Å². The predicted octanol–water partition coefficient (Wildman–Crippen LogP) is 5.38.